The minimum Gasteiger partial charge on any atom is -0.462 e. The van der Waals surface area contributed by atoms with Gasteiger partial charge in [-0.05, 0) is 78.6 Å². The smallest absolute Gasteiger partial charge is 0.338 e. The highest BCUT2D eigenvalue weighted by atomic mass is 35.5. The van der Waals surface area contributed by atoms with E-state index in [1.165, 1.54) is 16.2 Å². The van der Waals surface area contributed by atoms with Gasteiger partial charge in [0.15, 0.2) is 0 Å². The Labute approximate surface area is 273 Å². The van der Waals surface area contributed by atoms with Gasteiger partial charge in [0.25, 0.3) is 0 Å². The molecule has 2 amide bonds. The number of rotatable bonds is 6. The van der Waals surface area contributed by atoms with E-state index in [-0.39, 0.29) is 52.2 Å². The van der Waals surface area contributed by atoms with Crippen LogP contribution in [0.5, 0.6) is 0 Å². The lowest BCUT2D eigenvalue weighted by Gasteiger charge is -2.43. The highest BCUT2D eigenvalue weighted by Gasteiger charge is 2.69. The van der Waals surface area contributed by atoms with E-state index >= 15 is 0 Å². The largest absolute Gasteiger partial charge is 0.462 e. The highest BCUT2D eigenvalue weighted by molar-refractivity contribution is 8.00. The van der Waals surface area contributed by atoms with E-state index in [4.69, 9.17) is 16.3 Å². The van der Waals surface area contributed by atoms with Crippen molar-refractivity contribution in [3.8, 4) is 0 Å². The van der Waals surface area contributed by atoms with Gasteiger partial charge >= 0.3 is 10.8 Å². The Hall–Kier alpha value is -3.66. The number of amides is 2. The predicted molar refractivity (Wildman–Crippen MR) is 174 cm³/mol. The van der Waals surface area contributed by atoms with Crippen molar-refractivity contribution in [3.05, 3.63) is 115 Å². The molecule has 7 unspecified atom stereocenters. The molecule has 7 atom stereocenters. The molecule has 3 aromatic carbocycles. The summed E-state index contributed by atoms with van der Waals surface area (Å²) in [7, 11) is 0. The first-order valence-electron chi connectivity index (χ1n) is 15.2. The standard InChI is InChI=1S/C35H29ClN2O5S2/c1-2-43-34(41)20-10-14-22(15-11-20)38-31(39)27-23-16-24(28(27)32(38)40)29-26(23)25(19-8-12-21(36)13-9-19)30-33(44-29)37(35(42)45-30)17-18-6-4-3-5-7-18/h3-15,23-29H,2,16-17H2,1H3. The van der Waals surface area contributed by atoms with Crippen molar-refractivity contribution < 1.29 is 19.1 Å². The number of hydrogen-bond donors (Lipinski definition) is 0. The van der Waals surface area contributed by atoms with Gasteiger partial charge in [-0.3, -0.25) is 23.9 Å². The van der Waals surface area contributed by atoms with Crippen LogP contribution in [0.1, 0.15) is 45.6 Å². The molecule has 2 aliphatic heterocycles. The second kappa shape index (κ2) is 11.0. The molecular formula is C35H29ClN2O5S2. The monoisotopic (exact) mass is 656 g/mol. The summed E-state index contributed by atoms with van der Waals surface area (Å²) >= 11 is 9.34. The zero-order valence-corrected chi connectivity index (χ0v) is 26.7. The summed E-state index contributed by atoms with van der Waals surface area (Å²) in [4.78, 5) is 56.3. The number of halogens is 1. The van der Waals surface area contributed by atoms with Crippen molar-refractivity contribution in [1.29, 1.82) is 0 Å². The molecule has 0 N–H and O–H groups in total. The molecule has 228 valence electrons. The van der Waals surface area contributed by atoms with Gasteiger partial charge in [0.2, 0.25) is 11.8 Å². The first kappa shape index (κ1) is 28.8. The Morgan fingerprint density at radius 3 is 2.29 bits per heavy atom. The van der Waals surface area contributed by atoms with Crippen molar-refractivity contribution in [3.63, 3.8) is 0 Å². The van der Waals surface area contributed by atoms with Gasteiger partial charge in [0, 0.05) is 21.1 Å². The number of ether oxygens (including phenoxy) is 1. The average Bonchev–Trinajstić information content (AvgIpc) is 3.77. The Morgan fingerprint density at radius 2 is 1.60 bits per heavy atom. The predicted octanol–water partition coefficient (Wildman–Crippen LogP) is 6.47. The van der Waals surface area contributed by atoms with Crippen molar-refractivity contribution in [2.75, 3.05) is 11.5 Å². The first-order chi connectivity index (χ1) is 21.9. The number of thiazole rings is 1. The van der Waals surface area contributed by atoms with E-state index in [1.54, 1.807) is 43.0 Å². The average molecular weight is 657 g/mol. The molecule has 1 saturated heterocycles. The zero-order chi connectivity index (χ0) is 31.0. The lowest BCUT2D eigenvalue weighted by atomic mass is 9.68. The number of imide groups is 1. The van der Waals surface area contributed by atoms with Crippen LogP contribution in [0.2, 0.25) is 5.02 Å². The van der Waals surface area contributed by atoms with Gasteiger partial charge in [-0.1, -0.05) is 65.4 Å². The summed E-state index contributed by atoms with van der Waals surface area (Å²) < 4.78 is 6.98. The summed E-state index contributed by atoms with van der Waals surface area (Å²) in [5, 5.41) is 1.70. The van der Waals surface area contributed by atoms with Crippen LogP contribution in [0.3, 0.4) is 0 Å². The van der Waals surface area contributed by atoms with E-state index in [9.17, 15) is 19.2 Å². The molecule has 3 heterocycles. The Bertz CT molecular complexity index is 1890. The van der Waals surface area contributed by atoms with Crippen LogP contribution in [0.15, 0.2) is 88.7 Å². The third-order valence-corrected chi connectivity index (χ3v) is 13.0. The number of benzene rings is 3. The van der Waals surface area contributed by atoms with E-state index < -0.39 is 17.8 Å². The zero-order valence-electron chi connectivity index (χ0n) is 24.3. The lowest BCUT2D eigenvalue weighted by Crippen LogP contribution is -2.43. The van der Waals surface area contributed by atoms with Crippen LogP contribution in [-0.4, -0.2) is 34.2 Å². The number of anilines is 1. The van der Waals surface area contributed by atoms with Crippen LogP contribution in [0.25, 0.3) is 0 Å². The fourth-order valence-electron chi connectivity index (χ4n) is 8.28. The minimum atomic E-state index is -0.439. The number of fused-ring (bicyclic) bond motifs is 9. The fraction of sp³-hybridized carbons (Fsp3) is 0.314. The molecule has 2 saturated carbocycles. The molecule has 4 aromatic rings. The maximum absolute atomic E-state index is 14.1. The molecule has 1 aromatic heterocycles. The molecule has 0 spiro atoms. The number of aromatic nitrogens is 1. The van der Waals surface area contributed by atoms with Gasteiger partial charge < -0.3 is 4.74 Å². The Balaban J connectivity index is 1.18. The molecule has 8 rings (SSSR count). The summed E-state index contributed by atoms with van der Waals surface area (Å²) in [6.45, 7) is 2.49. The molecule has 0 radical (unpaired) electrons. The van der Waals surface area contributed by atoms with Crippen molar-refractivity contribution >= 4 is 58.2 Å². The quantitative estimate of drug-likeness (QED) is 0.175. The maximum atomic E-state index is 14.1. The van der Waals surface area contributed by atoms with Crippen LogP contribution < -0.4 is 9.77 Å². The van der Waals surface area contributed by atoms with E-state index in [0.717, 1.165) is 27.5 Å². The number of nitrogens with zero attached hydrogens (tertiary/aromatic N) is 2. The van der Waals surface area contributed by atoms with E-state index in [2.05, 4.69) is 0 Å². The second-order valence-electron chi connectivity index (χ2n) is 12.2. The molecular weight excluding hydrogens is 628 g/mol. The fourth-order valence-corrected chi connectivity index (χ4v) is 11.6. The van der Waals surface area contributed by atoms with E-state index in [1.807, 2.05) is 59.2 Å². The SMILES string of the molecule is CCOC(=O)c1ccc(N2C(=O)C3C4CC(C3C2=O)C2C(c3ccc(Cl)cc3)c3sc(=O)n(Cc5ccccc5)c3SC42)cc1. The summed E-state index contributed by atoms with van der Waals surface area (Å²) in [5.41, 5.74) is 2.99. The Morgan fingerprint density at radius 1 is 0.911 bits per heavy atom. The van der Waals surface area contributed by atoms with Crippen LogP contribution in [-0.2, 0) is 20.9 Å². The summed E-state index contributed by atoms with van der Waals surface area (Å²) in [5.74, 6) is -1.54. The van der Waals surface area contributed by atoms with Crippen LogP contribution >= 0.6 is 34.7 Å². The molecule has 2 aliphatic carbocycles. The molecule has 45 heavy (non-hydrogen) atoms. The van der Waals surface area contributed by atoms with Gasteiger partial charge in [0.05, 0.1) is 41.3 Å². The minimum absolute atomic E-state index is 0.00589. The number of esters is 1. The highest BCUT2D eigenvalue weighted by Crippen LogP contribution is 2.69. The summed E-state index contributed by atoms with van der Waals surface area (Å²) in [6, 6.07) is 24.4. The second-order valence-corrected chi connectivity index (χ2v) is 14.8. The van der Waals surface area contributed by atoms with Crippen molar-refractivity contribution in [1.82, 2.24) is 4.57 Å². The Kier molecular flexibility index (Phi) is 7.04. The normalized spacial score (nSPS) is 27.8. The van der Waals surface area contributed by atoms with Crippen molar-refractivity contribution in [2.24, 2.45) is 29.6 Å². The van der Waals surface area contributed by atoms with Gasteiger partial charge in [-0.2, -0.15) is 0 Å². The number of thioether (sulfide) groups is 1. The van der Waals surface area contributed by atoms with Gasteiger partial charge in [-0.15, -0.1) is 11.8 Å². The number of carbonyl (C=O) groups excluding carboxylic acids is 3. The lowest BCUT2D eigenvalue weighted by molar-refractivity contribution is -0.123. The molecule has 2 bridgehead atoms. The van der Waals surface area contributed by atoms with Crippen molar-refractivity contribution in [2.45, 2.75) is 36.1 Å². The molecule has 3 fully saturated rings. The maximum Gasteiger partial charge on any atom is 0.338 e. The molecule has 4 aliphatic rings. The molecule has 7 nitrogen and oxygen atoms in total. The summed E-state index contributed by atoms with van der Waals surface area (Å²) in [6.07, 6.45) is 0.812. The molecule has 10 heteroatoms. The third-order valence-electron chi connectivity index (χ3n) is 10.00. The first-order valence-corrected chi connectivity index (χ1v) is 17.3. The van der Waals surface area contributed by atoms with Crippen LogP contribution in [0.4, 0.5) is 5.69 Å². The topological polar surface area (TPSA) is 85.7 Å². The number of hydrogen-bond acceptors (Lipinski definition) is 7. The van der Waals surface area contributed by atoms with Gasteiger partial charge in [-0.25, -0.2) is 4.79 Å². The third kappa shape index (κ3) is 4.46. The van der Waals surface area contributed by atoms with Crippen LogP contribution in [0, 0.1) is 29.6 Å². The van der Waals surface area contributed by atoms with E-state index in [0.29, 0.717) is 22.8 Å². The van der Waals surface area contributed by atoms with Gasteiger partial charge in [0.1, 0.15) is 0 Å². The number of carbonyl (C=O) groups is 3.